The lowest BCUT2D eigenvalue weighted by Crippen LogP contribution is -2.37. The first-order valence-corrected chi connectivity index (χ1v) is 11.8. The highest BCUT2D eigenvalue weighted by atomic mass is 32.2. The third-order valence-corrected chi connectivity index (χ3v) is 6.80. The molecule has 1 fully saturated rings. The third kappa shape index (κ3) is 6.08. The smallest absolute Gasteiger partial charge is 0.323 e. The van der Waals surface area contributed by atoms with E-state index in [4.69, 9.17) is 0 Å². The molecule has 0 aromatic heterocycles. The van der Waals surface area contributed by atoms with Gasteiger partial charge in [-0.2, -0.15) is 0 Å². The molecule has 0 spiro atoms. The quantitative estimate of drug-likeness (QED) is 0.507. The van der Waals surface area contributed by atoms with Crippen LogP contribution in [0.5, 0.6) is 0 Å². The first-order valence-electron chi connectivity index (χ1n) is 11.0. The highest BCUT2D eigenvalue weighted by molar-refractivity contribution is 7.99. The molecular weight excluding hydrogens is 432 g/mol. The fraction of sp³-hybridized carbons (Fsp3) is 0.231. The van der Waals surface area contributed by atoms with Crippen molar-refractivity contribution in [2.45, 2.75) is 29.2 Å². The number of carbonyl (C=O) groups excluding carboxylic acids is 2. The predicted molar refractivity (Wildman–Crippen MR) is 135 cm³/mol. The highest BCUT2D eigenvalue weighted by Gasteiger charge is 2.27. The Balaban J connectivity index is 1.28. The molecule has 3 aromatic rings. The fourth-order valence-electron chi connectivity index (χ4n) is 3.83. The third-order valence-electron chi connectivity index (χ3n) is 5.79. The van der Waals surface area contributed by atoms with E-state index in [0.29, 0.717) is 0 Å². The SMILES string of the molecule is CC(=O)N(C)C1CCN(c2ccc(NC(=O)Nc3ccc(Sc4ccccc4)cc3)cc2)C1. The molecule has 1 atom stereocenters. The molecule has 3 aromatic carbocycles. The van der Waals surface area contributed by atoms with Gasteiger partial charge in [0.15, 0.2) is 0 Å². The summed E-state index contributed by atoms with van der Waals surface area (Å²) in [5.41, 5.74) is 2.55. The minimum absolute atomic E-state index is 0.0944. The minimum Gasteiger partial charge on any atom is -0.369 e. The van der Waals surface area contributed by atoms with Crippen LogP contribution in [0.1, 0.15) is 13.3 Å². The van der Waals surface area contributed by atoms with Crippen LogP contribution in [0, 0.1) is 0 Å². The number of benzene rings is 3. The van der Waals surface area contributed by atoms with E-state index >= 15 is 0 Å². The largest absolute Gasteiger partial charge is 0.369 e. The van der Waals surface area contributed by atoms with E-state index in [2.05, 4.69) is 27.7 Å². The first-order chi connectivity index (χ1) is 16.0. The Hall–Kier alpha value is -3.45. The molecule has 170 valence electrons. The van der Waals surface area contributed by atoms with Crippen molar-refractivity contribution < 1.29 is 9.59 Å². The Bertz CT molecular complexity index is 1090. The van der Waals surface area contributed by atoms with Gasteiger partial charge in [-0.05, 0) is 67.1 Å². The van der Waals surface area contributed by atoms with Crippen molar-refractivity contribution in [3.8, 4) is 0 Å². The number of likely N-dealkylation sites (N-methyl/N-ethyl adjacent to an activating group) is 1. The van der Waals surface area contributed by atoms with Crippen LogP contribution in [0.3, 0.4) is 0 Å². The van der Waals surface area contributed by atoms with Crippen LogP contribution >= 0.6 is 11.8 Å². The maximum atomic E-state index is 12.4. The van der Waals surface area contributed by atoms with Crippen LogP contribution in [0.2, 0.25) is 0 Å². The molecule has 6 nitrogen and oxygen atoms in total. The molecule has 1 aliphatic heterocycles. The summed E-state index contributed by atoms with van der Waals surface area (Å²) in [5, 5.41) is 5.75. The van der Waals surface area contributed by atoms with Gasteiger partial charge in [-0.15, -0.1) is 0 Å². The number of nitrogens with zero attached hydrogens (tertiary/aromatic N) is 2. The van der Waals surface area contributed by atoms with Crippen molar-refractivity contribution in [3.63, 3.8) is 0 Å². The first kappa shape index (κ1) is 22.7. The summed E-state index contributed by atoms with van der Waals surface area (Å²) in [4.78, 5) is 30.4. The van der Waals surface area contributed by atoms with E-state index in [1.165, 1.54) is 4.90 Å². The molecule has 1 saturated heterocycles. The predicted octanol–water partition coefficient (Wildman–Crippen LogP) is 5.54. The second-order valence-corrected chi connectivity index (χ2v) is 9.23. The zero-order chi connectivity index (χ0) is 23.2. The molecule has 0 saturated carbocycles. The molecule has 33 heavy (non-hydrogen) atoms. The van der Waals surface area contributed by atoms with E-state index in [9.17, 15) is 9.59 Å². The molecule has 2 N–H and O–H groups in total. The molecule has 0 bridgehead atoms. The number of urea groups is 1. The van der Waals surface area contributed by atoms with E-state index in [1.807, 2.05) is 78.7 Å². The lowest BCUT2D eigenvalue weighted by Gasteiger charge is -2.24. The summed E-state index contributed by atoms with van der Waals surface area (Å²) in [7, 11) is 1.86. The molecule has 1 heterocycles. The number of amides is 3. The van der Waals surface area contributed by atoms with Crippen molar-refractivity contribution >= 4 is 40.8 Å². The van der Waals surface area contributed by atoms with Crippen molar-refractivity contribution in [2.75, 3.05) is 35.7 Å². The Morgan fingerprint density at radius 3 is 2.06 bits per heavy atom. The average Bonchev–Trinajstić information content (AvgIpc) is 3.31. The van der Waals surface area contributed by atoms with Crippen LogP contribution in [-0.2, 0) is 4.79 Å². The maximum Gasteiger partial charge on any atom is 0.323 e. The molecule has 3 amide bonds. The summed E-state index contributed by atoms with van der Waals surface area (Å²) < 4.78 is 0. The van der Waals surface area contributed by atoms with Crippen LogP contribution in [0.25, 0.3) is 0 Å². The van der Waals surface area contributed by atoms with Crippen molar-refractivity contribution in [2.24, 2.45) is 0 Å². The molecule has 0 radical (unpaired) electrons. The van der Waals surface area contributed by atoms with Crippen molar-refractivity contribution in [1.82, 2.24) is 4.90 Å². The molecule has 1 unspecified atom stereocenters. The lowest BCUT2D eigenvalue weighted by atomic mass is 10.2. The average molecular weight is 461 g/mol. The lowest BCUT2D eigenvalue weighted by molar-refractivity contribution is -0.129. The minimum atomic E-state index is -0.282. The normalized spacial score (nSPS) is 15.2. The molecule has 7 heteroatoms. The molecule has 0 aliphatic carbocycles. The number of anilines is 3. The Morgan fingerprint density at radius 2 is 1.45 bits per heavy atom. The Kier molecular flexibility index (Phi) is 7.19. The summed E-state index contributed by atoms with van der Waals surface area (Å²) in [6.07, 6.45) is 0.959. The topological polar surface area (TPSA) is 64.7 Å². The molecule has 4 rings (SSSR count). The second-order valence-electron chi connectivity index (χ2n) is 8.08. The van der Waals surface area contributed by atoms with E-state index in [0.717, 1.165) is 41.5 Å². The number of hydrogen-bond donors (Lipinski definition) is 2. The second kappa shape index (κ2) is 10.4. The van der Waals surface area contributed by atoms with Gasteiger partial charge in [0.2, 0.25) is 5.91 Å². The highest BCUT2D eigenvalue weighted by Crippen LogP contribution is 2.28. The zero-order valence-corrected chi connectivity index (χ0v) is 19.6. The van der Waals surface area contributed by atoms with Crippen LogP contribution in [0.15, 0.2) is 88.7 Å². The molecular formula is C26H28N4O2S. The number of carbonyl (C=O) groups is 2. The van der Waals surface area contributed by atoms with Crippen LogP contribution < -0.4 is 15.5 Å². The van der Waals surface area contributed by atoms with Gasteiger partial charge in [-0.25, -0.2) is 4.79 Å². The number of rotatable bonds is 6. The van der Waals surface area contributed by atoms with Crippen molar-refractivity contribution in [3.05, 3.63) is 78.9 Å². The number of hydrogen-bond acceptors (Lipinski definition) is 4. The molecule has 1 aliphatic rings. The van der Waals surface area contributed by atoms with Gasteiger partial charge in [0.1, 0.15) is 0 Å². The Labute approximate surface area is 199 Å². The standard InChI is InChI=1S/C26H28N4O2S/c1-19(31)29(2)23-16-17-30(18-23)22-12-8-20(9-13-22)27-26(32)28-21-10-14-25(15-11-21)33-24-6-4-3-5-7-24/h3-15,23H,16-18H2,1-2H3,(H2,27,28,32). The van der Waals surface area contributed by atoms with Gasteiger partial charge >= 0.3 is 6.03 Å². The summed E-state index contributed by atoms with van der Waals surface area (Å²) in [5.74, 6) is 0.0944. The van der Waals surface area contributed by atoms with E-state index in [-0.39, 0.29) is 18.0 Å². The van der Waals surface area contributed by atoms with E-state index in [1.54, 1.807) is 18.7 Å². The monoisotopic (exact) mass is 460 g/mol. The Morgan fingerprint density at radius 1 is 0.879 bits per heavy atom. The summed E-state index contributed by atoms with van der Waals surface area (Å²) >= 11 is 1.68. The maximum absolute atomic E-state index is 12.4. The van der Waals surface area contributed by atoms with Crippen LogP contribution in [-0.4, -0.2) is 43.0 Å². The van der Waals surface area contributed by atoms with Crippen molar-refractivity contribution in [1.29, 1.82) is 0 Å². The van der Waals surface area contributed by atoms with Gasteiger partial charge in [0, 0.05) is 53.9 Å². The van der Waals surface area contributed by atoms with E-state index < -0.39 is 0 Å². The summed E-state index contributed by atoms with van der Waals surface area (Å²) in [6, 6.07) is 25.7. The van der Waals surface area contributed by atoms with Gasteiger partial charge < -0.3 is 20.4 Å². The number of nitrogens with one attached hydrogen (secondary N) is 2. The van der Waals surface area contributed by atoms with Crippen LogP contribution in [0.4, 0.5) is 21.9 Å². The fourth-order valence-corrected chi connectivity index (χ4v) is 4.67. The van der Waals surface area contributed by atoms with Gasteiger partial charge in [0.05, 0.1) is 6.04 Å². The van der Waals surface area contributed by atoms with Gasteiger partial charge in [0.25, 0.3) is 0 Å². The summed E-state index contributed by atoms with van der Waals surface area (Å²) in [6.45, 7) is 3.34. The van der Waals surface area contributed by atoms with Gasteiger partial charge in [-0.3, -0.25) is 4.79 Å². The zero-order valence-electron chi connectivity index (χ0n) is 18.8. The van der Waals surface area contributed by atoms with Gasteiger partial charge in [-0.1, -0.05) is 30.0 Å².